The van der Waals surface area contributed by atoms with E-state index >= 15 is 0 Å². The van der Waals surface area contributed by atoms with Gasteiger partial charge in [0, 0.05) is 17.0 Å². The Bertz CT molecular complexity index is 939. The number of primary amides is 1. The number of aromatic nitrogens is 3. The Morgan fingerprint density at radius 2 is 2.12 bits per heavy atom. The smallest absolute Gasteiger partial charge is 0.276 e. The van der Waals surface area contributed by atoms with Crippen molar-refractivity contribution in [3.8, 4) is 10.6 Å². The van der Waals surface area contributed by atoms with E-state index in [9.17, 15) is 14.0 Å². The summed E-state index contributed by atoms with van der Waals surface area (Å²) in [5.41, 5.74) is 5.91. The fourth-order valence-corrected chi connectivity index (χ4v) is 2.81. The molecule has 3 rings (SSSR count). The first kappa shape index (κ1) is 16.1. The topological polar surface area (TPSA) is 114 Å². The van der Waals surface area contributed by atoms with Crippen LogP contribution in [-0.2, 0) is 0 Å². The second kappa shape index (κ2) is 6.38. The first-order chi connectivity index (χ1) is 11.4. The number of anilines is 1. The van der Waals surface area contributed by atoms with Gasteiger partial charge in [-0.05, 0) is 18.2 Å². The molecule has 3 aromatic rings. The number of nitrogens with one attached hydrogen (secondary N) is 2. The highest BCUT2D eigenvalue weighted by Crippen LogP contribution is 2.27. The molecule has 0 bridgehead atoms. The molecule has 0 saturated heterocycles. The van der Waals surface area contributed by atoms with E-state index in [0.29, 0.717) is 10.6 Å². The van der Waals surface area contributed by atoms with E-state index < -0.39 is 17.6 Å². The van der Waals surface area contributed by atoms with Crippen LogP contribution in [0, 0.1) is 5.82 Å². The van der Waals surface area contributed by atoms with E-state index in [2.05, 4.69) is 20.5 Å². The summed E-state index contributed by atoms with van der Waals surface area (Å²) in [5.74, 6) is -1.58. The molecule has 10 heteroatoms. The monoisotopic (exact) mass is 365 g/mol. The molecule has 0 aliphatic rings. The maximum atomic E-state index is 13.2. The third-order valence-electron chi connectivity index (χ3n) is 2.99. The molecular formula is C14H9ClFN5O2S. The number of H-pyrrole nitrogens is 1. The number of carbonyl (C=O) groups is 2. The van der Waals surface area contributed by atoms with Gasteiger partial charge < -0.3 is 11.1 Å². The van der Waals surface area contributed by atoms with E-state index in [0.717, 1.165) is 0 Å². The van der Waals surface area contributed by atoms with Gasteiger partial charge in [0.15, 0.2) is 5.82 Å². The zero-order valence-electron chi connectivity index (χ0n) is 11.8. The van der Waals surface area contributed by atoms with Gasteiger partial charge in [-0.15, -0.1) is 11.3 Å². The van der Waals surface area contributed by atoms with E-state index in [4.69, 9.17) is 17.3 Å². The first-order valence-corrected chi connectivity index (χ1v) is 7.77. The lowest BCUT2D eigenvalue weighted by Crippen LogP contribution is -2.12. The van der Waals surface area contributed by atoms with Crippen LogP contribution in [0.5, 0.6) is 0 Å². The van der Waals surface area contributed by atoms with Crippen LogP contribution in [0.15, 0.2) is 29.6 Å². The van der Waals surface area contributed by atoms with Gasteiger partial charge in [-0.25, -0.2) is 9.37 Å². The van der Waals surface area contributed by atoms with Crippen molar-refractivity contribution in [1.82, 2.24) is 15.2 Å². The summed E-state index contributed by atoms with van der Waals surface area (Å²) in [4.78, 5) is 27.3. The molecule has 0 aliphatic heterocycles. The average Bonchev–Trinajstić information content (AvgIpc) is 3.19. The van der Waals surface area contributed by atoms with Crippen LogP contribution in [0.2, 0.25) is 5.02 Å². The summed E-state index contributed by atoms with van der Waals surface area (Å²) in [6.07, 6.45) is 0. The Morgan fingerprint density at radius 1 is 1.33 bits per heavy atom. The molecule has 1 aromatic carbocycles. The molecular weight excluding hydrogens is 357 g/mol. The molecule has 122 valence electrons. The van der Waals surface area contributed by atoms with Crippen molar-refractivity contribution in [2.24, 2.45) is 5.73 Å². The highest BCUT2D eigenvalue weighted by atomic mass is 35.5. The van der Waals surface area contributed by atoms with Crippen molar-refractivity contribution < 1.29 is 14.0 Å². The molecule has 24 heavy (non-hydrogen) atoms. The van der Waals surface area contributed by atoms with Gasteiger partial charge in [-0.1, -0.05) is 11.6 Å². The lowest BCUT2D eigenvalue weighted by Gasteiger charge is -1.99. The Hall–Kier alpha value is -2.78. The zero-order valence-corrected chi connectivity index (χ0v) is 13.4. The minimum Gasteiger partial charge on any atom is -0.364 e. The van der Waals surface area contributed by atoms with Gasteiger partial charge >= 0.3 is 0 Å². The molecule has 0 aliphatic carbocycles. The largest absolute Gasteiger partial charge is 0.364 e. The minimum atomic E-state index is -0.688. The molecule has 7 nitrogen and oxygen atoms in total. The van der Waals surface area contributed by atoms with Crippen molar-refractivity contribution in [3.63, 3.8) is 0 Å². The second-order valence-corrected chi connectivity index (χ2v) is 5.92. The third-order valence-corrected chi connectivity index (χ3v) is 4.17. The molecule has 0 fully saturated rings. The number of hydrogen-bond acceptors (Lipinski definition) is 5. The predicted octanol–water partition coefficient (Wildman–Crippen LogP) is 2.68. The molecule has 0 atom stereocenters. The van der Waals surface area contributed by atoms with Crippen molar-refractivity contribution in [2.75, 3.05) is 5.32 Å². The summed E-state index contributed by atoms with van der Waals surface area (Å²) in [5, 5.41) is 10.7. The maximum Gasteiger partial charge on any atom is 0.276 e. The number of amides is 2. The highest BCUT2D eigenvalue weighted by Gasteiger charge is 2.15. The Balaban J connectivity index is 1.77. The van der Waals surface area contributed by atoms with E-state index in [1.807, 2.05) is 0 Å². The van der Waals surface area contributed by atoms with E-state index in [-0.39, 0.29) is 22.2 Å². The zero-order chi connectivity index (χ0) is 17.3. The number of hydrogen-bond donors (Lipinski definition) is 3. The predicted molar refractivity (Wildman–Crippen MR) is 87.6 cm³/mol. The van der Waals surface area contributed by atoms with Gasteiger partial charge in [0.25, 0.3) is 11.8 Å². The van der Waals surface area contributed by atoms with Crippen LogP contribution >= 0.6 is 22.9 Å². The van der Waals surface area contributed by atoms with E-state index in [1.54, 1.807) is 5.38 Å². The van der Waals surface area contributed by atoms with Gasteiger partial charge in [0.2, 0.25) is 0 Å². The number of benzene rings is 1. The quantitative estimate of drug-likeness (QED) is 0.659. The highest BCUT2D eigenvalue weighted by molar-refractivity contribution is 7.13. The number of aromatic amines is 1. The lowest BCUT2D eigenvalue weighted by molar-refractivity contribution is 0.0992. The standard InChI is InChI=1S/C14H9ClFN5O2S/c15-7-3-6(1-2-8(7)16)14-18-10(5-24-14)13(23)19-11-4-9(12(17)22)20-21-11/h1-5H,(H2,17,22)(H2,19,20,21,23). The molecule has 0 unspecified atom stereocenters. The fourth-order valence-electron chi connectivity index (χ4n) is 1.83. The molecule has 0 spiro atoms. The normalized spacial score (nSPS) is 10.6. The van der Waals surface area contributed by atoms with Crippen LogP contribution in [-0.4, -0.2) is 27.0 Å². The number of thiazole rings is 1. The average molecular weight is 366 g/mol. The number of nitrogens with two attached hydrogens (primary N) is 1. The number of nitrogens with zero attached hydrogens (tertiary/aromatic N) is 2. The van der Waals surface area contributed by atoms with Crippen LogP contribution in [0.1, 0.15) is 21.0 Å². The number of carbonyl (C=O) groups excluding carboxylic acids is 2. The molecule has 4 N–H and O–H groups in total. The fraction of sp³-hybridized carbons (Fsp3) is 0. The van der Waals surface area contributed by atoms with Gasteiger partial charge in [0.05, 0.1) is 5.02 Å². The van der Waals surface area contributed by atoms with Crippen LogP contribution in [0.4, 0.5) is 10.2 Å². The first-order valence-electron chi connectivity index (χ1n) is 6.51. The van der Waals surface area contributed by atoms with Crippen LogP contribution < -0.4 is 11.1 Å². The molecule has 0 radical (unpaired) electrons. The summed E-state index contributed by atoms with van der Waals surface area (Å²) in [7, 11) is 0. The van der Waals surface area contributed by atoms with Crippen LogP contribution in [0.3, 0.4) is 0 Å². The molecule has 2 heterocycles. The van der Waals surface area contributed by atoms with E-state index in [1.165, 1.54) is 35.6 Å². The van der Waals surface area contributed by atoms with Crippen molar-refractivity contribution >= 4 is 40.6 Å². The van der Waals surface area contributed by atoms with Gasteiger partial charge in [-0.2, -0.15) is 5.10 Å². The third kappa shape index (κ3) is 3.26. The lowest BCUT2D eigenvalue weighted by atomic mass is 10.2. The van der Waals surface area contributed by atoms with Crippen LogP contribution in [0.25, 0.3) is 10.6 Å². The van der Waals surface area contributed by atoms with Crippen molar-refractivity contribution in [1.29, 1.82) is 0 Å². The summed E-state index contributed by atoms with van der Waals surface area (Å²) < 4.78 is 13.2. The maximum absolute atomic E-state index is 13.2. The summed E-state index contributed by atoms with van der Waals surface area (Å²) >= 11 is 6.95. The molecule has 2 aromatic heterocycles. The Morgan fingerprint density at radius 3 is 2.79 bits per heavy atom. The summed E-state index contributed by atoms with van der Waals surface area (Å²) in [6.45, 7) is 0. The van der Waals surface area contributed by atoms with Gasteiger partial charge in [-0.3, -0.25) is 14.7 Å². The molecule has 0 saturated carbocycles. The SMILES string of the molecule is NC(=O)c1cc(NC(=O)c2csc(-c3ccc(F)c(Cl)c3)n2)n[nH]1. The Kier molecular flexibility index (Phi) is 4.28. The van der Waals surface area contributed by atoms with Crippen molar-refractivity contribution in [2.45, 2.75) is 0 Å². The minimum absolute atomic E-state index is 0.0239. The number of rotatable bonds is 4. The Labute approximate surface area is 143 Å². The summed E-state index contributed by atoms with van der Waals surface area (Å²) in [6, 6.07) is 5.50. The molecule has 2 amide bonds. The van der Waals surface area contributed by atoms with Crippen molar-refractivity contribution in [3.05, 3.63) is 51.9 Å². The second-order valence-electron chi connectivity index (χ2n) is 4.65. The van der Waals surface area contributed by atoms with Gasteiger partial charge in [0.1, 0.15) is 22.2 Å². The number of halogens is 2.